The fourth-order valence-corrected chi connectivity index (χ4v) is 4.32. The van der Waals surface area contributed by atoms with E-state index in [9.17, 15) is 19.1 Å². The van der Waals surface area contributed by atoms with Crippen molar-refractivity contribution in [1.82, 2.24) is 15.5 Å². The van der Waals surface area contributed by atoms with Crippen molar-refractivity contribution < 1.29 is 19.1 Å². The van der Waals surface area contributed by atoms with E-state index in [1.165, 1.54) is 17.0 Å². The average Bonchev–Trinajstić information content (AvgIpc) is 3.05. The third-order valence-corrected chi connectivity index (χ3v) is 6.14. The summed E-state index contributed by atoms with van der Waals surface area (Å²) < 4.78 is 14.3. The van der Waals surface area contributed by atoms with Crippen LogP contribution in [-0.4, -0.2) is 39.9 Å². The number of rotatable bonds is 5. The first-order valence-corrected chi connectivity index (χ1v) is 10.7. The number of benzene rings is 2. The Balaban J connectivity index is 1.50. The number of halogens is 1. The normalized spacial score (nSPS) is 22.7. The second kappa shape index (κ2) is 8.70. The monoisotopic (exact) mass is 438 g/mol. The highest BCUT2D eigenvalue weighted by molar-refractivity contribution is 5.98. The van der Waals surface area contributed by atoms with Crippen LogP contribution >= 0.6 is 0 Å². The Labute approximate surface area is 186 Å². The zero-order chi connectivity index (χ0) is 23.0. The number of hydrogen-bond donors (Lipinski definition) is 4. The molecule has 0 radical (unpaired) electrons. The van der Waals surface area contributed by atoms with Gasteiger partial charge in [0.25, 0.3) is 5.91 Å². The van der Waals surface area contributed by atoms with Gasteiger partial charge in [0.1, 0.15) is 5.82 Å². The number of aliphatic hydroxyl groups excluding tert-OH is 1. The minimum Gasteiger partial charge on any atom is -0.390 e. The van der Waals surface area contributed by atoms with Gasteiger partial charge in [-0.25, -0.2) is 4.39 Å². The molecular formula is C24H27FN4O3. The van der Waals surface area contributed by atoms with E-state index in [4.69, 9.17) is 5.41 Å². The lowest BCUT2D eigenvalue weighted by Crippen LogP contribution is -2.56. The topological polar surface area (TPSA) is 106 Å². The molecule has 1 aliphatic carbocycles. The number of carbonyl (C=O) groups is 2. The van der Waals surface area contributed by atoms with Crippen molar-refractivity contribution >= 4 is 17.8 Å². The predicted molar refractivity (Wildman–Crippen MR) is 117 cm³/mol. The van der Waals surface area contributed by atoms with Crippen molar-refractivity contribution in [1.29, 1.82) is 5.41 Å². The van der Waals surface area contributed by atoms with Crippen molar-refractivity contribution in [2.75, 3.05) is 0 Å². The minimum absolute atomic E-state index is 0.0115. The molecule has 7 nitrogen and oxygen atoms in total. The molecule has 4 N–H and O–H groups in total. The summed E-state index contributed by atoms with van der Waals surface area (Å²) >= 11 is 0. The summed E-state index contributed by atoms with van der Waals surface area (Å²) in [4.78, 5) is 26.7. The summed E-state index contributed by atoms with van der Waals surface area (Å²) in [5.41, 5.74) is 2.33. The molecule has 4 rings (SSSR count). The number of aliphatic hydroxyl groups is 1. The van der Waals surface area contributed by atoms with Gasteiger partial charge in [0.15, 0.2) is 5.96 Å². The fourth-order valence-electron chi connectivity index (χ4n) is 4.32. The minimum atomic E-state index is -0.754. The number of nitrogens with zero attached hydrogens (tertiary/aromatic N) is 1. The van der Waals surface area contributed by atoms with Gasteiger partial charge in [-0.05, 0) is 40.8 Å². The first kappa shape index (κ1) is 22.0. The summed E-state index contributed by atoms with van der Waals surface area (Å²) in [6, 6.07) is 10.7. The molecular weight excluding hydrogens is 411 g/mol. The van der Waals surface area contributed by atoms with Gasteiger partial charge in [-0.2, -0.15) is 0 Å². The van der Waals surface area contributed by atoms with Crippen LogP contribution in [0, 0.1) is 17.1 Å². The summed E-state index contributed by atoms with van der Waals surface area (Å²) in [6.07, 6.45) is -0.0587. The van der Waals surface area contributed by atoms with Gasteiger partial charge in [0, 0.05) is 24.4 Å². The van der Waals surface area contributed by atoms with Gasteiger partial charge in [-0.3, -0.25) is 19.9 Å². The summed E-state index contributed by atoms with van der Waals surface area (Å²) in [5.74, 6) is -1.16. The molecule has 0 spiro atoms. The predicted octanol–water partition coefficient (Wildman–Crippen LogP) is 2.50. The van der Waals surface area contributed by atoms with Gasteiger partial charge >= 0.3 is 0 Å². The second-order valence-corrected chi connectivity index (χ2v) is 8.80. The molecule has 0 bridgehead atoms. The summed E-state index contributed by atoms with van der Waals surface area (Å²) in [6.45, 7) is 3.94. The van der Waals surface area contributed by atoms with E-state index in [2.05, 4.69) is 10.6 Å². The Hall–Kier alpha value is -3.26. The van der Waals surface area contributed by atoms with E-state index in [1.54, 1.807) is 0 Å². The molecule has 0 aromatic heterocycles. The second-order valence-electron chi connectivity index (χ2n) is 8.80. The SMILES string of the molecule is CC(C)[C@@H]1CC(=O)N(Cc2cc(F)cc(C(=O)NC3c4ccccc4C[C@H]3O)c2)C(=N)N1. The lowest BCUT2D eigenvalue weighted by atomic mass is 9.98. The standard InChI is InChI=1S/C24H27FN4O3/c1-13(2)19-11-21(31)29(24(26)27-19)12-14-7-16(9-17(25)8-14)23(32)28-22-18-6-4-3-5-15(18)10-20(22)30/h3-9,13,19-20,22,30H,10-12H2,1-2H3,(H2,26,27)(H,28,32)/t19-,20+,22?/m0/s1. The maximum Gasteiger partial charge on any atom is 0.251 e. The molecule has 168 valence electrons. The van der Waals surface area contributed by atoms with Crippen LogP contribution in [0.5, 0.6) is 0 Å². The first-order valence-electron chi connectivity index (χ1n) is 10.7. The van der Waals surface area contributed by atoms with Crippen LogP contribution < -0.4 is 10.6 Å². The van der Waals surface area contributed by atoms with E-state index in [0.717, 1.165) is 17.2 Å². The summed E-state index contributed by atoms with van der Waals surface area (Å²) in [5, 5.41) is 24.4. The van der Waals surface area contributed by atoms with E-state index in [1.807, 2.05) is 38.1 Å². The Morgan fingerprint density at radius 2 is 2.03 bits per heavy atom. The largest absolute Gasteiger partial charge is 0.390 e. The molecule has 0 saturated carbocycles. The molecule has 1 aliphatic heterocycles. The highest BCUT2D eigenvalue weighted by Crippen LogP contribution is 2.31. The Morgan fingerprint density at radius 1 is 1.28 bits per heavy atom. The van der Waals surface area contributed by atoms with Crippen molar-refractivity contribution in [3.63, 3.8) is 0 Å². The Morgan fingerprint density at radius 3 is 2.75 bits per heavy atom. The smallest absolute Gasteiger partial charge is 0.251 e. The van der Waals surface area contributed by atoms with Crippen LogP contribution in [0.1, 0.15) is 53.4 Å². The van der Waals surface area contributed by atoms with Crippen molar-refractivity contribution in [3.05, 3.63) is 70.5 Å². The Kier molecular flexibility index (Phi) is 5.97. The zero-order valence-corrected chi connectivity index (χ0v) is 18.1. The quantitative estimate of drug-likeness (QED) is 0.576. The molecule has 2 aliphatic rings. The van der Waals surface area contributed by atoms with Crippen LogP contribution in [0.3, 0.4) is 0 Å². The maximum absolute atomic E-state index is 14.3. The van der Waals surface area contributed by atoms with Crippen LogP contribution in [0.25, 0.3) is 0 Å². The summed E-state index contributed by atoms with van der Waals surface area (Å²) in [7, 11) is 0. The van der Waals surface area contributed by atoms with Crippen LogP contribution in [0.15, 0.2) is 42.5 Å². The molecule has 2 aromatic rings. The first-order chi connectivity index (χ1) is 15.2. The van der Waals surface area contributed by atoms with Gasteiger partial charge in [0.05, 0.1) is 18.7 Å². The average molecular weight is 439 g/mol. The van der Waals surface area contributed by atoms with Gasteiger partial charge < -0.3 is 15.7 Å². The molecule has 1 fully saturated rings. The van der Waals surface area contributed by atoms with Crippen LogP contribution in [0.2, 0.25) is 0 Å². The van der Waals surface area contributed by atoms with Gasteiger partial charge in [0.2, 0.25) is 5.91 Å². The maximum atomic E-state index is 14.3. The van der Waals surface area contributed by atoms with Crippen molar-refractivity contribution in [3.8, 4) is 0 Å². The number of guanidine groups is 1. The van der Waals surface area contributed by atoms with Gasteiger partial charge in [-0.15, -0.1) is 0 Å². The van der Waals surface area contributed by atoms with E-state index < -0.39 is 23.9 Å². The third kappa shape index (κ3) is 4.36. The van der Waals surface area contributed by atoms with Crippen molar-refractivity contribution in [2.24, 2.45) is 5.92 Å². The van der Waals surface area contributed by atoms with E-state index in [0.29, 0.717) is 12.0 Å². The molecule has 1 saturated heterocycles. The number of amides is 2. The molecule has 3 atom stereocenters. The molecule has 32 heavy (non-hydrogen) atoms. The zero-order valence-electron chi connectivity index (χ0n) is 18.1. The fraction of sp³-hybridized carbons (Fsp3) is 0.375. The number of fused-ring (bicyclic) bond motifs is 1. The lowest BCUT2D eigenvalue weighted by molar-refractivity contribution is -0.130. The van der Waals surface area contributed by atoms with Crippen LogP contribution in [0.4, 0.5) is 4.39 Å². The highest BCUT2D eigenvalue weighted by atomic mass is 19.1. The van der Waals surface area contributed by atoms with Crippen LogP contribution in [-0.2, 0) is 17.8 Å². The van der Waals surface area contributed by atoms with Crippen molar-refractivity contribution in [2.45, 2.75) is 51.4 Å². The highest BCUT2D eigenvalue weighted by Gasteiger charge is 2.33. The molecule has 1 heterocycles. The number of nitrogens with one attached hydrogen (secondary N) is 3. The molecule has 2 aromatic carbocycles. The lowest BCUT2D eigenvalue weighted by Gasteiger charge is -2.35. The third-order valence-electron chi connectivity index (χ3n) is 6.14. The molecule has 1 unspecified atom stereocenters. The Bertz CT molecular complexity index is 1050. The number of carbonyl (C=O) groups excluding carboxylic acids is 2. The molecule has 8 heteroatoms. The van der Waals surface area contributed by atoms with E-state index in [-0.39, 0.29) is 42.4 Å². The van der Waals surface area contributed by atoms with Gasteiger partial charge in [-0.1, -0.05) is 38.1 Å². The van der Waals surface area contributed by atoms with E-state index >= 15 is 0 Å². The number of hydrogen-bond acceptors (Lipinski definition) is 4. The molecule has 2 amide bonds.